The van der Waals surface area contributed by atoms with Gasteiger partial charge in [0.05, 0.1) is 4.88 Å². The summed E-state index contributed by atoms with van der Waals surface area (Å²) < 4.78 is 13.5. The highest BCUT2D eigenvalue weighted by atomic mass is 32.1. The molecule has 0 spiro atoms. The molecule has 31 heavy (non-hydrogen) atoms. The van der Waals surface area contributed by atoms with E-state index in [2.05, 4.69) is 4.98 Å². The summed E-state index contributed by atoms with van der Waals surface area (Å²) in [7, 11) is 0. The summed E-state index contributed by atoms with van der Waals surface area (Å²) in [5, 5.41) is 1.91. The second-order valence-electron chi connectivity index (χ2n) is 8.08. The lowest BCUT2D eigenvalue weighted by Crippen LogP contribution is -2.49. The maximum absolute atomic E-state index is 13.5. The van der Waals surface area contributed by atoms with E-state index in [1.54, 1.807) is 30.5 Å². The molecule has 2 aliphatic rings. The smallest absolute Gasteiger partial charge is 0.272 e. The van der Waals surface area contributed by atoms with Gasteiger partial charge in [-0.3, -0.25) is 14.6 Å². The predicted molar refractivity (Wildman–Crippen MR) is 117 cm³/mol. The molecular formula is C24H22FN3O2S. The van der Waals surface area contributed by atoms with Crippen molar-refractivity contribution in [3.05, 3.63) is 88.1 Å². The normalized spacial score (nSPS) is 22.9. The molecule has 0 saturated carbocycles. The number of hydrogen-bond acceptors (Lipinski definition) is 4. The van der Waals surface area contributed by atoms with Crippen molar-refractivity contribution in [2.75, 3.05) is 19.6 Å². The molecule has 2 amide bonds. The number of rotatable bonds is 3. The van der Waals surface area contributed by atoms with Crippen LogP contribution in [0.1, 0.15) is 38.1 Å². The van der Waals surface area contributed by atoms with E-state index < -0.39 is 0 Å². The number of likely N-dealkylation sites (tertiary alicyclic amines) is 2. The molecule has 3 aromatic rings. The number of thiophene rings is 1. The van der Waals surface area contributed by atoms with Crippen molar-refractivity contribution in [2.24, 2.45) is 5.92 Å². The second-order valence-corrected chi connectivity index (χ2v) is 9.03. The zero-order chi connectivity index (χ0) is 21.4. The van der Waals surface area contributed by atoms with Crippen LogP contribution in [0.15, 0.2) is 66.2 Å². The molecule has 2 saturated heterocycles. The minimum Gasteiger partial charge on any atom is -0.337 e. The second kappa shape index (κ2) is 8.23. The Morgan fingerprint density at radius 2 is 1.84 bits per heavy atom. The first-order valence-corrected chi connectivity index (χ1v) is 11.3. The van der Waals surface area contributed by atoms with Gasteiger partial charge in [0.1, 0.15) is 11.5 Å². The molecule has 5 rings (SSSR count). The fourth-order valence-electron chi connectivity index (χ4n) is 4.91. The van der Waals surface area contributed by atoms with E-state index >= 15 is 0 Å². The van der Waals surface area contributed by atoms with Crippen molar-refractivity contribution in [2.45, 2.75) is 18.4 Å². The number of fused-ring (bicyclic) bond motifs is 1. The fraction of sp³-hybridized carbons (Fsp3) is 0.292. The van der Waals surface area contributed by atoms with E-state index in [-0.39, 0.29) is 35.5 Å². The van der Waals surface area contributed by atoms with Gasteiger partial charge in [0.15, 0.2) is 0 Å². The van der Waals surface area contributed by atoms with E-state index in [0.29, 0.717) is 25.3 Å². The number of piperidine rings is 1. The van der Waals surface area contributed by atoms with Crippen molar-refractivity contribution in [1.29, 1.82) is 0 Å². The van der Waals surface area contributed by atoms with Crippen LogP contribution in [-0.2, 0) is 0 Å². The van der Waals surface area contributed by atoms with Crippen LogP contribution in [0.4, 0.5) is 4.39 Å². The SMILES string of the molecule is O=C(c1ccccn1)N1CC[C@H]2[C@@H](C1)[C@H](c1ccc(F)cc1)CN2C(=O)c1cccs1. The van der Waals surface area contributed by atoms with Crippen molar-refractivity contribution in [3.63, 3.8) is 0 Å². The summed E-state index contributed by atoms with van der Waals surface area (Å²) in [5.74, 6) is -0.177. The lowest BCUT2D eigenvalue weighted by Gasteiger charge is -2.38. The van der Waals surface area contributed by atoms with Crippen LogP contribution in [0.3, 0.4) is 0 Å². The number of carbonyl (C=O) groups is 2. The molecule has 7 heteroatoms. The van der Waals surface area contributed by atoms with Crippen molar-refractivity contribution in [1.82, 2.24) is 14.8 Å². The monoisotopic (exact) mass is 435 g/mol. The van der Waals surface area contributed by atoms with E-state index in [4.69, 9.17) is 0 Å². The summed E-state index contributed by atoms with van der Waals surface area (Å²) in [4.78, 5) is 35.0. The molecule has 5 nitrogen and oxygen atoms in total. The number of pyridine rings is 1. The molecule has 0 unspecified atom stereocenters. The third-order valence-corrected chi connectivity index (χ3v) is 7.25. The minimum absolute atomic E-state index is 0.0408. The van der Waals surface area contributed by atoms with E-state index in [1.807, 2.05) is 33.4 Å². The molecular weight excluding hydrogens is 413 g/mol. The molecule has 3 atom stereocenters. The molecule has 2 aromatic heterocycles. The molecule has 0 radical (unpaired) electrons. The quantitative estimate of drug-likeness (QED) is 0.624. The average Bonchev–Trinajstić information content (AvgIpc) is 3.47. The van der Waals surface area contributed by atoms with Crippen molar-refractivity contribution in [3.8, 4) is 0 Å². The first kappa shape index (κ1) is 19.9. The first-order chi connectivity index (χ1) is 15.1. The summed E-state index contributed by atoms with van der Waals surface area (Å²) in [5.41, 5.74) is 1.44. The minimum atomic E-state index is -0.277. The van der Waals surface area contributed by atoms with Gasteiger partial charge in [-0.05, 0) is 47.7 Å². The zero-order valence-corrected chi connectivity index (χ0v) is 17.7. The molecule has 1 aromatic carbocycles. The Hall–Kier alpha value is -3.06. The maximum atomic E-state index is 13.5. The summed E-state index contributed by atoms with van der Waals surface area (Å²) in [6.07, 6.45) is 2.34. The maximum Gasteiger partial charge on any atom is 0.272 e. The number of aromatic nitrogens is 1. The van der Waals surface area contributed by atoms with Crippen LogP contribution in [0.2, 0.25) is 0 Å². The highest BCUT2D eigenvalue weighted by Crippen LogP contribution is 2.42. The molecule has 158 valence electrons. The van der Waals surface area contributed by atoms with Gasteiger partial charge in [0, 0.05) is 43.7 Å². The Labute approximate surface area is 184 Å². The summed E-state index contributed by atoms with van der Waals surface area (Å²) in [6, 6.07) is 15.7. The van der Waals surface area contributed by atoms with Crippen LogP contribution >= 0.6 is 11.3 Å². The number of benzene rings is 1. The van der Waals surface area contributed by atoms with Crippen molar-refractivity contribution >= 4 is 23.2 Å². The Balaban J connectivity index is 1.44. The molecule has 0 aliphatic carbocycles. The molecule has 2 aliphatic heterocycles. The molecule has 0 N–H and O–H groups in total. The number of hydrogen-bond donors (Lipinski definition) is 0. The van der Waals surface area contributed by atoms with Crippen LogP contribution in [-0.4, -0.2) is 52.3 Å². The molecule has 4 heterocycles. The average molecular weight is 436 g/mol. The van der Waals surface area contributed by atoms with E-state index in [9.17, 15) is 14.0 Å². The van der Waals surface area contributed by atoms with Gasteiger partial charge >= 0.3 is 0 Å². The summed E-state index contributed by atoms with van der Waals surface area (Å²) >= 11 is 1.45. The largest absolute Gasteiger partial charge is 0.337 e. The molecule has 0 bridgehead atoms. The molecule has 2 fully saturated rings. The topological polar surface area (TPSA) is 53.5 Å². The Bertz CT molecular complexity index is 1070. The highest BCUT2D eigenvalue weighted by molar-refractivity contribution is 7.12. The van der Waals surface area contributed by atoms with Gasteiger partial charge in [-0.15, -0.1) is 11.3 Å². The van der Waals surface area contributed by atoms with Crippen molar-refractivity contribution < 1.29 is 14.0 Å². The Morgan fingerprint density at radius 1 is 1.00 bits per heavy atom. The zero-order valence-electron chi connectivity index (χ0n) is 16.9. The Kier molecular flexibility index (Phi) is 5.28. The lowest BCUT2D eigenvalue weighted by molar-refractivity contribution is 0.0532. The highest BCUT2D eigenvalue weighted by Gasteiger charge is 2.48. The third-order valence-electron chi connectivity index (χ3n) is 6.39. The standard InChI is InChI=1S/C24H22FN3O2S/c25-17-8-6-16(7-9-17)18-15-28(24(30)22-5-3-13-31-22)21-10-12-27(14-19(18)21)23(29)20-4-1-2-11-26-20/h1-9,11,13,18-19,21H,10,12,14-15H2/t18-,19-,21-/m0/s1. The van der Waals surface area contributed by atoms with Gasteiger partial charge in [0.2, 0.25) is 0 Å². The van der Waals surface area contributed by atoms with Gasteiger partial charge < -0.3 is 9.80 Å². The number of nitrogens with zero attached hydrogens (tertiary/aromatic N) is 3. The van der Waals surface area contributed by atoms with Gasteiger partial charge in [-0.2, -0.15) is 0 Å². The van der Waals surface area contributed by atoms with Gasteiger partial charge in [-0.1, -0.05) is 24.3 Å². The summed E-state index contributed by atoms with van der Waals surface area (Å²) in [6.45, 7) is 1.71. The van der Waals surface area contributed by atoms with E-state index in [1.165, 1.54) is 23.5 Å². The van der Waals surface area contributed by atoms with E-state index in [0.717, 1.165) is 16.9 Å². The third kappa shape index (κ3) is 3.74. The predicted octanol–water partition coefficient (Wildman–Crippen LogP) is 4.05. The van der Waals surface area contributed by atoms with Gasteiger partial charge in [0.25, 0.3) is 11.8 Å². The number of amides is 2. The number of halogens is 1. The van der Waals surface area contributed by atoms with Gasteiger partial charge in [-0.25, -0.2) is 4.39 Å². The van der Waals surface area contributed by atoms with Crippen LogP contribution in [0, 0.1) is 11.7 Å². The number of carbonyl (C=O) groups excluding carboxylic acids is 2. The lowest BCUT2D eigenvalue weighted by atomic mass is 9.81. The van der Waals surface area contributed by atoms with Crippen LogP contribution < -0.4 is 0 Å². The van der Waals surface area contributed by atoms with Crippen LogP contribution in [0.25, 0.3) is 0 Å². The fourth-order valence-corrected chi connectivity index (χ4v) is 5.59. The first-order valence-electron chi connectivity index (χ1n) is 10.4. The Morgan fingerprint density at radius 3 is 2.55 bits per heavy atom. The van der Waals surface area contributed by atoms with Crippen LogP contribution in [0.5, 0.6) is 0 Å².